The normalized spacial score (nSPS) is 10.0. The SMILES string of the molecule is Cc1cc(C)c([SeH])cc1C. The zero-order valence-corrected chi connectivity index (χ0v) is 8.48. The zero-order chi connectivity index (χ0) is 7.72. The van der Waals surface area contributed by atoms with Crippen molar-refractivity contribution in [1.29, 1.82) is 0 Å². The average Bonchev–Trinajstić information content (AvgIpc) is 1.84. The van der Waals surface area contributed by atoms with Crippen LogP contribution in [0.4, 0.5) is 0 Å². The standard InChI is InChI=1S/C9H12Se/c1-6-4-8(3)9(10)5-7(6)2/h4-5,10H,1-3H3. The van der Waals surface area contributed by atoms with Crippen LogP contribution in [-0.2, 0) is 0 Å². The Bertz CT molecular complexity index is 201. The molecule has 0 aliphatic carbocycles. The first-order valence-corrected chi connectivity index (χ1v) is 4.32. The molecule has 1 aromatic carbocycles. The van der Waals surface area contributed by atoms with E-state index in [1.165, 1.54) is 21.2 Å². The molecule has 0 saturated carbocycles. The fourth-order valence-corrected chi connectivity index (χ4v) is 1.49. The van der Waals surface area contributed by atoms with Crippen molar-refractivity contribution in [3.63, 3.8) is 0 Å². The van der Waals surface area contributed by atoms with Crippen LogP contribution in [0.1, 0.15) is 16.7 Å². The molecule has 1 heteroatoms. The van der Waals surface area contributed by atoms with E-state index in [-0.39, 0.29) is 0 Å². The predicted molar refractivity (Wildman–Crippen MR) is 47.4 cm³/mol. The third kappa shape index (κ3) is 1.42. The molecule has 0 unspecified atom stereocenters. The van der Waals surface area contributed by atoms with Crippen molar-refractivity contribution in [3.8, 4) is 0 Å². The molecule has 0 N–H and O–H groups in total. The zero-order valence-electron chi connectivity index (χ0n) is 6.60. The van der Waals surface area contributed by atoms with Gasteiger partial charge in [-0.05, 0) is 0 Å². The van der Waals surface area contributed by atoms with E-state index in [4.69, 9.17) is 0 Å². The first-order chi connectivity index (χ1) is 4.61. The van der Waals surface area contributed by atoms with Crippen molar-refractivity contribution in [1.82, 2.24) is 0 Å². The van der Waals surface area contributed by atoms with Crippen molar-refractivity contribution in [2.75, 3.05) is 0 Å². The van der Waals surface area contributed by atoms with Crippen LogP contribution in [0.15, 0.2) is 12.1 Å². The minimum absolute atomic E-state index is 1.33. The summed E-state index contributed by atoms with van der Waals surface area (Å²) in [6.45, 7) is 6.43. The molecule has 0 fully saturated rings. The molecule has 1 aromatic rings. The molecular formula is C9H12Se. The van der Waals surface area contributed by atoms with Crippen LogP contribution in [0.3, 0.4) is 0 Å². The molecule has 10 heavy (non-hydrogen) atoms. The van der Waals surface area contributed by atoms with E-state index in [1.807, 2.05) is 0 Å². The molecule has 0 atom stereocenters. The molecular weight excluding hydrogens is 187 g/mol. The summed E-state index contributed by atoms with van der Waals surface area (Å²) < 4.78 is 1.33. The van der Waals surface area contributed by atoms with Crippen molar-refractivity contribution in [3.05, 3.63) is 28.8 Å². The molecule has 0 radical (unpaired) electrons. The first-order valence-electron chi connectivity index (χ1n) is 3.38. The molecule has 1 rings (SSSR count). The summed E-state index contributed by atoms with van der Waals surface area (Å²) in [5.74, 6) is 0. The van der Waals surface area contributed by atoms with E-state index in [1.54, 1.807) is 0 Å². The van der Waals surface area contributed by atoms with Crippen LogP contribution in [0.25, 0.3) is 0 Å². The van der Waals surface area contributed by atoms with Crippen LogP contribution in [0, 0.1) is 20.8 Å². The van der Waals surface area contributed by atoms with Gasteiger partial charge in [0.2, 0.25) is 0 Å². The van der Waals surface area contributed by atoms with Crippen molar-refractivity contribution in [2.24, 2.45) is 0 Å². The topological polar surface area (TPSA) is 0 Å². The van der Waals surface area contributed by atoms with E-state index < -0.39 is 0 Å². The van der Waals surface area contributed by atoms with Gasteiger partial charge in [0, 0.05) is 0 Å². The second-order valence-corrected chi connectivity index (χ2v) is 3.73. The van der Waals surface area contributed by atoms with Gasteiger partial charge in [0.15, 0.2) is 0 Å². The van der Waals surface area contributed by atoms with Gasteiger partial charge < -0.3 is 0 Å². The van der Waals surface area contributed by atoms with Crippen molar-refractivity contribution in [2.45, 2.75) is 20.8 Å². The number of benzene rings is 1. The molecule has 0 aliphatic heterocycles. The molecule has 54 valence electrons. The van der Waals surface area contributed by atoms with Gasteiger partial charge in [-0.3, -0.25) is 0 Å². The van der Waals surface area contributed by atoms with Gasteiger partial charge in [-0.1, -0.05) is 0 Å². The molecule has 0 saturated heterocycles. The van der Waals surface area contributed by atoms with Crippen LogP contribution in [0.2, 0.25) is 0 Å². The van der Waals surface area contributed by atoms with Gasteiger partial charge >= 0.3 is 70.1 Å². The van der Waals surface area contributed by atoms with E-state index >= 15 is 0 Å². The molecule has 0 amide bonds. The first kappa shape index (κ1) is 7.84. The maximum absolute atomic E-state index is 2.60. The Morgan fingerprint density at radius 3 is 1.90 bits per heavy atom. The summed E-state index contributed by atoms with van der Waals surface area (Å²) in [6.07, 6.45) is 0. The van der Waals surface area contributed by atoms with Gasteiger partial charge in [0.25, 0.3) is 0 Å². The quantitative estimate of drug-likeness (QED) is 0.549. The second-order valence-electron chi connectivity index (χ2n) is 2.72. The van der Waals surface area contributed by atoms with Crippen LogP contribution in [0.5, 0.6) is 0 Å². The summed E-state index contributed by atoms with van der Waals surface area (Å²) >= 11 is 2.60. The van der Waals surface area contributed by atoms with E-state index in [0.29, 0.717) is 0 Å². The Morgan fingerprint density at radius 1 is 0.900 bits per heavy atom. The summed E-state index contributed by atoms with van der Waals surface area (Å²) in [5, 5.41) is 0. The molecule has 0 bridgehead atoms. The molecule has 0 heterocycles. The van der Waals surface area contributed by atoms with E-state index in [9.17, 15) is 0 Å². The fraction of sp³-hybridized carbons (Fsp3) is 0.333. The predicted octanol–water partition coefficient (Wildman–Crippen LogP) is 1.14. The number of aryl methyl sites for hydroxylation is 3. The third-order valence-corrected chi connectivity index (χ3v) is 2.82. The Morgan fingerprint density at radius 2 is 1.40 bits per heavy atom. The summed E-state index contributed by atoms with van der Waals surface area (Å²) in [6, 6.07) is 4.44. The van der Waals surface area contributed by atoms with Gasteiger partial charge in [0.1, 0.15) is 0 Å². The maximum atomic E-state index is 2.60. The van der Waals surface area contributed by atoms with Gasteiger partial charge in [0.05, 0.1) is 0 Å². The monoisotopic (exact) mass is 200 g/mol. The van der Waals surface area contributed by atoms with Crippen LogP contribution in [-0.4, -0.2) is 16.0 Å². The third-order valence-electron chi connectivity index (χ3n) is 1.81. The second kappa shape index (κ2) is 2.77. The Hall–Kier alpha value is -0.261. The van der Waals surface area contributed by atoms with E-state index in [0.717, 1.165) is 0 Å². The van der Waals surface area contributed by atoms with Crippen molar-refractivity contribution < 1.29 is 0 Å². The Labute approximate surface area is 70.5 Å². The molecule has 0 spiro atoms. The van der Waals surface area contributed by atoms with Gasteiger partial charge in [-0.25, -0.2) is 0 Å². The van der Waals surface area contributed by atoms with Gasteiger partial charge in [-0.15, -0.1) is 0 Å². The summed E-state index contributed by atoms with van der Waals surface area (Å²) in [5.41, 5.74) is 4.12. The fourth-order valence-electron chi connectivity index (χ4n) is 0.945. The molecule has 0 aliphatic rings. The van der Waals surface area contributed by atoms with E-state index in [2.05, 4.69) is 48.9 Å². The number of hydrogen-bond donors (Lipinski definition) is 0. The summed E-state index contributed by atoms with van der Waals surface area (Å²) in [7, 11) is 0. The molecule has 0 nitrogen and oxygen atoms in total. The van der Waals surface area contributed by atoms with Crippen LogP contribution < -0.4 is 4.46 Å². The average molecular weight is 199 g/mol. The minimum atomic E-state index is 1.33. The number of rotatable bonds is 0. The van der Waals surface area contributed by atoms with Gasteiger partial charge in [-0.2, -0.15) is 0 Å². The molecule has 0 aromatic heterocycles. The number of hydrogen-bond acceptors (Lipinski definition) is 0. The Kier molecular flexibility index (Phi) is 2.17. The van der Waals surface area contributed by atoms with Crippen LogP contribution >= 0.6 is 0 Å². The Balaban J connectivity index is 3.28. The van der Waals surface area contributed by atoms with Crippen molar-refractivity contribution >= 4 is 20.5 Å². The summed E-state index contributed by atoms with van der Waals surface area (Å²) in [4.78, 5) is 0.